The normalized spacial score (nSPS) is 9.95. The molecule has 2 rings (SSSR count). The van der Waals surface area contributed by atoms with Gasteiger partial charge in [0.05, 0.1) is 16.1 Å². The fraction of sp³-hybridized carbons (Fsp3) is 0.0714. The van der Waals surface area contributed by atoms with Gasteiger partial charge in [0.1, 0.15) is 24.2 Å². The van der Waals surface area contributed by atoms with Crippen molar-refractivity contribution in [1.29, 1.82) is 5.26 Å². The molecule has 2 aromatic carbocycles. The van der Waals surface area contributed by atoms with Gasteiger partial charge in [0, 0.05) is 16.6 Å². The molecule has 0 N–H and O–H groups in total. The molecule has 106 valence electrons. The average molecular weight is 351 g/mol. The van der Waals surface area contributed by atoms with Crippen LogP contribution in [0.25, 0.3) is 0 Å². The molecule has 0 aliphatic carbocycles. The molecule has 0 spiro atoms. The summed E-state index contributed by atoms with van der Waals surface area (Å²) in [7, 11) is 0. The second kappa shape index (κ2) is 6.33. The maximum atomic E-state index is 13.4. The Morgan fingerprint density at radius 3 is 2.71 bits per heavy atom. The van der Waals surface area contributed by atoms with Crippen molar-refractivity contribution < 1.29 is 14.1 Å². The molecule has 0 aliphatic heterocycles. The summed E-state index contributed by atoms with van der Waals surface area (Å²) in [5, 5.41) is 19.6. The number of ether oxygens (including phenoxy) is 1. The largest absolute Gasteiger partial charge is 0.489 e. The number of nitriles is 1. The summed E-state index contributed by atoms with van der Waals surface area (Å²) < 4.78 is 19.3. The van der Waals surface area contributed by atoms with Crippen molar-refractivity contribution in [3.8, 4) is 11.8 Å². The van der Waals surface area contributed by atoms with E-state index in [1.165, 1.54) is 18.2 Å². The van der Waals surface area contributed by atoms with Crippen LogP contribution in [0.2, 0.25) is 0 Å². The van der Waals surface area contributed by atoms with E-state index in [1.807, 2.05) is 0 Å². The van der Waals surface area contributed by atoms with Crippen LogP contribution in [-0.4, -0.2) is 4.92 Å². The molecule has 0 aliphatic rings. The van der Waals surface area contributed by atoms with Gasteiger partial charge in [0.25, 0.3) is 5.69 Å². The Balaban J connectivity index is 2.19. The van der Waals surface area contributed by atoms with Crippen LogP contribution >= 0.6 is 15.9 Å². The lowest BCUT2D eigenvalue weighted by Gasteiger charge is -2.07. The van der Waals surface area contributed by atoms with Gasteiger partial charge in [-0.15, -0.1) is 0 Å². The third-order valence-electron chi connectivity index (χ3n) is 2.70. The molecule has 0 unspecified atom stereocenters. The SMILES string of the molecule is N#Cc1ccc(OCc2ccc(Br)cc2[N+](=O)[O-])cc1F. The fourth-order valence-corrected chi connectivity index (χ4v) is 2.02. The number of halogens is 2. The van der Waals surface area contributed by atoms with Crippen LogP contribution in [0.4, 0.5) is 10.1 Å². The summed E-state index contributed by atoms with van der Waals surface area (Å²) in [4.78, 5) is 10.4. The van der Waals surface area contributed by atoms with Gasteiger partial charge in [-0.25, -0.2) is 4.39 Å². The number of nitro benzene ring substituents is 1. The zero-order valence-electron chi connectivity index (χ0n) is 10.5. The highest BCUT2D eigenvalue weighted by atomic mass is 79.9. The molecule has 0 atom stereocenters. The molecule has 2 aromatic rings. The Hall–Kier alpha value is -2.46. The summed E-state index contributed by atoms with van der Waals surface area (Å²) in [6.07, 6.45) is 0. The molecule has 0 radical (unpaired) electrons. The first-order valence-corrected chi connectivity index (χ1v) is 6.56. The van der Waals surface area contributed by atoms with Crippen LogP contribution in [0, 0.1) is 27.3 Å². The minimum Gasteiger partial charge on any atom is -0.489 e. The van der Waals surface area contributed by atoms with E-state index in [4.69, 9.17) is 10.00 Å². The summed E-state index contributed by atoms with van der Waals surface area (Å²) in [5.41, 5.74) is 0.198. The summed E-state index contributed by atoms with van der Waals surface area (Å²) in [5.74, 6) is -0.496. The van der Waals surface area contributed by atoms with Crippen LogP contribution in [0.5, 0.6) is 5.75 Å². The van der Waals surface area contributed by atoms with Crippen LogP contribution in [0.1, 0.15) is 11.1 Å². The molecular formula is C14H8BrFN2O3. The molecule has 0 fully saturated rings. The topological polar surface area (TPSA) is 76.2 Å². The van der Waals surface area contributed by atoms with Crippen molar-refractivity contribution in [1.82, 2.24) is 0 Å². The molecule has 0 amide bonds. The Bertz CT molecular complexity index is 743. The first kappa shape index (κ1) is 14.9. The Morgan fingerprint density at radius 2 is 2.10 bits per heavy atom. The maximum absolute atomic E-state index is 13.4. The van der Waals surface area contributed by atoms with E-state index in [0.717, 1.165) is 6.07 Å². The predicted molar refractivity (Wildman–Crippen MR) is 76.2 cm³/mol. The van der Waals surface area contributed by atoms with E-state index < -0.39 is 10.7 Å². The van der Waals surface area contributed by atoms with Crippen molar-refractivity contribution >= 4 is 21.6 Å². The second-order valence-corrected chi connectivity index (χ2v) is 4.99. The minimum absolute atomic E-state index is 0.0745. The van der Waals surface area contributed by atoms with Crippen molar-refractivity contribution in [3.63, 3.8) is 0 Å². The van der Waals surface area contributed by atoms with Gasteiger partial charge in [0.15, 0.2) is 0 Å². The zero-order valence-corrected chi connectivity index (χ0v) is 12.1. The van der Waals surface area contributed by atoms with Crippen LogP contribution in [0.3, 0.4) is 0 Å². The highest BCUT2D eigenvalue weighted by molar-refractivity contribution is 9.10. The molecule has 0 saturated heterocycles. The maximum Gasteiger partial charge on any atom is 0.277 e. The lowest BCUT2D eigenvalue weighted by molar-refractivity contribution is -0.385. The first-order chi connectivity index (χ1) is 10.0. The van der Waals surface area contributed by atoms with E-state index in [9.17, 15) is 14.5 Å². The lowest BCUT2D eigenvalue weighted by Crippen LogP contribution is -2.01. The van der Waals surface area contributed by atoms with Crippen LogP contribution in [-0.2, 0) is 6.61 Å². The van der Waals surface area contributed by atoms with E-state index in [1.54, 1.807) is 18.2 Å². The zero-order chi connectivity index (χ0) is 15.4. The van der Waals surface area contributed by atoms with Crippen molar-refractivity contribution in [3.05, 3.63) is 67.9 Å². The predicted octanol–water partition coefficient (Wildman–Crippen LogP) is 3.95. The van der Waals surface area contributed by atoms with Gasteiger partial charge in [0.2, 0.25) is 0 Å². The quantitative estimate of drug-likeness (QED) is 0.617. The van der Waals surface area contributed by atoms with Crippen molar-refractivity contribution in [2.24, 2.45) is 0 Å². The highest BCUT2D eigenvalue weighted by Gasteiger charge is 2.15. The number of hydrogen-bond donors (Lipinski definition) is 0. The van der Waals surface area contributed by atoms with Gasteiger partial charge < -0.3 is 4.74 Å². The molecular weight excluding hydrogens is 343 g/mol. The molecule has 7 heteroatoms. The second-order valence-electron chi connectivity index (χ2n) is 4.07. The molecule has 0 heterocycles. The third-order valence-corrected chi connectivity index (χ3v) is 3.19. The van der Waals surface area contributed by atoms with Crippen molar-refractivity contribution in [2.75, 3.05) is 0 Å². The summed E-state index contributed by atoms with van der Waals surface area (Å²) in [6.45, 7) is -0.0745. The lowest BCUT2D eigenvalue weighted by atomic mass is 10.2. The van der Waals surface area contributed by atoms with Crippen molar-refractivity contribution in [2.45, 2.75) is 6.61 Å². The number of nitrogens with zero attached hydrogens (tertiary/aromatic N) is 2. The molecule has 0 bridgehead atoms. The van der Waals surface area contributed by atoms with E-state index in [-0.39, 0.29) is 23.6 Å². The van der Waals surface area contributed by atoms with Gasteiger partial charge in [-0.2, -0.15) is 5.26 Å². The Kier molecular flexibility index (Phi) is 4.50. The van der Waals surface area contributed by atoms with Gasteiger partial charge >= 0.3 is 0 Å². The average Bonchev–Trinajstić information content (AvgIpc) is 2.46. The fourth-order valence-electron chi connectivity index (χ4n) is 1.67. The summed E-state index contributed by atoms with van der Waals surface area (Å²) >= 11 is 3.16. The highest BCUT2D eigenvalue weighted by Crippen LogP contribution is 2.25. The van der Waals surface area contributed by atoms with E-state index in [0.29, 0.717) is 10.0 Å². The van der Waals surface area contributed by atoms with Gasteiger partial charge in [-0.3, -0.25) is 10.1 Å². The van der Waals surface area contributed by atoms with E-state index in [2.05, 4.69) is 15.9 Å². The molecule has 0 aromatic heterocycles. The first-order valence-electron chi connectivity index (χ1n) is 5.76. The summed E-state index contributed by atoms with van der Waals surface area (Å²) in [6, 6.07) is 10.1. The minimum atomic E-state index is -0.694. The Morgan fingerprint density at radius 1 is 1.33 bits per heavy atom. The number of hydrogen-bond acceptors (Lipinski definition) is 4. The molecule has 0 saturated carbocycles. The number of nitro groups is 1. The number of benzene rings is 2. The van der Waals surface area contributed by atoms with E-state index >= 15 is 0 Å². The van der Waals surface area contributed by atoms with Crippen LogP contribution < -0.4 is 4.74 Å². The number of rotatable bonds is 4. The monoisotopic (exact) mass is 350 g/mol. The van der Waals surface area contributed by atoms with Gasteiger partial charge in [-0.05, 0) is 24.3 Å². The standard InChI is InChI=1S/C14H8BrFN2O3/c15-11-3-1-10(14(5-11)18(19)20)8-21-12-4-2-9(7-17)13(16)6-12/h1-6H,8H2. The third kappa shape index (κ3) is 3.55. The Labute approximate surface area is 127 Å². The smallest absolute Gasteiger partial charge is 0.277 e. The van der Waals surface area contributed by atoms with Crippen LogP contribution in [0.15, 0.2) is 40.9 Å². The van der Waals surface area contributed by atoms with Gasteiger partial charge in [-0.1, -0.05) is 15.9 Å². The molecule has 5 nitrogen and oxygen atoms in total. The molecule has 21 heavy (non-hydrogen) atoms.